The van der Waals surface area contributed by atoms with Crippen molar-refractivity contribution in [2.75, 3.05) is 5.33 Å². The van der Waals surface area contributed by atoms with Crippen LogP contribution in [0.3, 0.4) is 0 Å². The SMILES string of the molecule is C[SiH](C)OC(CCCCCCCCBr)C(C)(C)C. The van der Waals surface area contributed by atoms with Gasteiger partial charge in [-0.05, 0) is 31.4 Å². The first-order valence-electron chi connectivity index (χ1n) is 7.59. The average Bonchev–Trinajstić information content (AvgIpc) is 2.24. The zero-order valence-electron chi connectivity index (χ0n) is 13.1. The summed E-state index contributed by atoms with van der Waals surface area (Å²) in [7, 11) is -0.908. The van der Waals surface area contributed by atoms with Crippen LogP contribution in [0.5, 0.6) is 0 Å². The Morgan fingerprint density at radius 1 is 0.944 bits per heavy atom. The molecule has 0 amide bonds. The lowest BCUT2D eigenvalue weighted by molar-refractivity contribution is 0.0759. The summed E-state index contributed by atoms with van der Waals surface area (Å²) < 4.78 is 6.19. The molecule has 1 unspecified atom stereocenters. The van der Waals surface area contributed by atoms with Crippen molar-refractivity contribution in [3.05, 3.63) is 0 Å². The third-order valence-electron chi connectivity index (χ3n) is 3.25. The van der Waals surface area contributed by atoms with Gasteiger partial charge >= 0.3 is 0 Å². The van der Waals surface area contributed by atoms with Gasteiger partial charge in [0.15, 0.2) is 9.04 Å². The summed E-state index contributed by atoms with van der Waals surface area (Å²) in [6, 6.07) is 0. The van der Waals surface area contributed by atoms with Gasteiger partial charge in [0.2, 0.25) is 0 Å². The minimum Gasteiger partial charge on any atom is -0.417 e. The molecule has 3 heteroatoms. The molecule has 0 aromatic carbocycles. The van der Waals surface area contributed by atoms with Crippen molar-refractivity contribution in [2.45, 2.75) is 84.9 Å². The van der Waals surface area contributed by atoms with Gasteiger partial charge in [0.1, 0.15) is 0 Å². The number of hydrogen-bond donors (Lipinski definition) is 0. The van der Waals surface area contributed by atoms with E-state index in [0.717, 1.165) is 5.33 Å². The standard InChI is InChI=1S/C15H33BrOSi/c1-15(2,3)14(17-18(4)5)12-10-8-6-7-9-11-13-16/h14,18H,6-13H2,1-5H3. The van der Waals surface area contributed by atoms with Crippen molar-refractivity contribution < 1.29 is 4.43 Å². The fourth-order valence-corrected chi connectivity index (χ4v) is 3.76. The second-order valence-corrected chi connectivity index (χ2v) is 9.80. The number of alkyl halides is 1. The van der Waals surface area contributed by atoms with Gasteiger partial charge in [0.05, 0.1) is 0 Å². The molecule has 0 bridgehead atoms. The number of hydrogen-bond acceptors (Lipinski definition) is 1. The number of unbranched alkanes of at least 4 members (excludes halogenated alkanes) is 5. The van der Waals surface area contributed by atoms with Crippen LogP contribution in [0.4, 0.5) is 0 Å². The van der Waals surface area contributed by atoms with Crippen molar-refractivity contribution in [1.29, 1.82) is 0 Å². The molecule has 0 aliphatic carbocycles. The minimum atomic E-state index is -0.908. The van der Waals surface area contributed by atoms with E-state index in [2.05, 4.69) is 49.8 Å². The second kappa shape index (κ2) is 10.4. The number of rotatable bonds is 10. The highest BCUT2D eigenvalue weighted by Crippen LogP contribution is 2.27. The van der Waals surface area contributed by atoms with Crippen molar-refractivity contribution in [3.8, 4) is 0 Å². The zero-order chi connectivity index (χ0) is 14.0. The highest BCUT2D eigenvalue weighted by atomic mass is 79.9. The Bertz CT molecular complexity index is 189. The van der Waals surface area contributed by atoms with Crippen molar-refractivity contribution >= 4 is 25.0 Å². The third-order valence-corrected chi connectivity index (χ3v) is 4.69. The van der Waals surface area contributed by atoms with Crippen molar-refractivity contribution in [3.63, 3.8) is 0 Å². The van der Waals surface area contributed by atoms with E-state index < -0.39 is 9.04 Å². The highest BCUT2D eigenvalue weighted by molar-refractivity contribution is 9.09. The number of halogens is 1. The molecule has 18 heavy (non-hydrogen) atoms. The molecule has 0 saturated heterocycles. The first-order chi connectivity index (χ1) is 8.38. The van der Waals surface area contributed by atoms with Gasteiger partial charge in [0.25, 0.3) is 0 Å². The van der Waals surface area contributed by atoms with Gasteiger partial charge in [-0.25, -0.2) is 0 Å². The molecule has 1 atom stereocenters. The lowest BCUT2D eigenvalue weighted by atomic mass is 9.86. The van der Waals surface area contributed by atoms with E-state index in [1.165, 1.54) is 44.9 Å². The first-order valence-corrected chi connectivity index (χ1v) is 11.5. The quantitative estimate of drug-likeness (QED) is 0.289. The second-order valence-electron chi connectivity index (χ2n) is 6.64. The van der Waals surface area contributed by atoms with Crippen LogP contribution in [0, 0.1) is 5.41 Å². The Morgan fingerprint density at radius 2 is 1.44 bits per heavy atom. The molecule has 0 aromatic heterocycles. The Hall–Kier alpha value is 0.657. The van der Waals surface area contributed by atoms with Gasteiger partial charge in [-0.1, -0.05) is 68.8 Å². The van der Waals surface area contributed by atoms with Gasteiger partial charge < -0.3 is 4.43 Å². The Kier molecular flexibility index (Phi) is 10.8. The fraction of sp³-hybridized carbons (Fsp3) is 1.00. The molecule has 0 spiro atoms. The lowest BCUT2D eigenvalue weighted by Gasteiger charge is -2.32. The highest BCUT2D eigenvalue weighted by Gasteiger charge is 2.25. The van der Waals surface area contributed by atoms with Gasteiger partial charge in [-0.2, -0.15) is 0 Å². The van der Waals surface area contributed by atoms with Crippen LogP contribution < -0.4 is 0 Å². The van der Waals surface area contributed by atoms with E-state index in [9.17, 15) is 0 Å². The molecular formula is C15H33BrOSi. The first kappa shape index (κ1) is 18.7. The van der Waals surface area contributed by atoms with Crippen LogP contribution in [0.1, 0.15) is 65.7 Å². The van der Waals surface area contributed by atoms with Gasteiger partial charge in [-0.15, -0.1) is 0 Å². The third kappa shape index (κ3) is 10.6. The molecule has 0 aliphatic heterocycles. The van der Waals surface area contributed by atoms with E-state index >= 15 is 0 Å². The summed E-state index contributed by atoms with van der Waals surface area (Å²) in [6.07, 6.45) is 9.90. The van der Waals surface area contributed by atoms with Crippen molar-refractivity contribution in [2.24, 2.45) is 5.41 Å². The lowest BCUT2D eigenvalue weighted by Crippen LogP contribution is -2.33. The predicted octanol–water partition coefficient (Wildman–Crippen LogP) is 5.53. The maximum absolute atomic E-state index is 6.19. The largest absolute Gasteiger partial charge is 0.417 e. The summed E-state index contributed by atoms with van der Waals surface area (Å²) in [5.74, 6) is 0. The van der Waals surface area contributed by atoms with Crippen LogP contribution in [0.25, 0.3) is 0 Å². The molecule has 0 aromatic rings. The summed E-state index contributed by atoms with van der Waals surface area (Å²) in [4.78, 5) is 0. The molecule has 0 radical (unpaired) electrons. The van der Waals surface area contributed by atoms with E-state index in [1.54, 1.807) is 0 Å². The summed E-state index contributed by atoms with van der Waals surface area (Å²) in [5.41, 5.74) is 0.299. The van der Waals surface area contributed by atoms with Crippen LogP contribution >= 0.6 is 15.9 Å². The molecule has 0 saturated carbocycles. The fourth-order valence-electron chi connectivity index (χ4n) is 2.17. The topological polar surface area (TPSA) is 9.23 Å². The maximum atomic E-state index is 6.19. The van der Waals surface area contributed by atoms with Gasteiger partial charge in [0, 0.05) is 11.4 Å². The van der Waals surface area contributed by atoms with E-state index in [4.69, 9.17) is 4.43 Å². The zero-order valence-corrected chi connectivity index (χ0v) is 15.8. The van der Waals surface area contributed by atoms with Crippen LogP contribution in [0.15, 0.2) is 0 Å². The molecular weight excluding hydrogens is 304 g/mol. The Balaban J connectivity index is 3.71. The van der Waals surface area contributed by atoms with Crippen LogP contribution in [0.2, 0.25) is 13.1 Å². The summed E-state index contributed by atoms with van der Waals surface area (Å²) >= 11 is 3.48. The normalized spacial score (nSPS) is 14.2. The average molecular weight is 337 g/mol. The Morgan fingerprint density at radius 3 is 1.89 bits per heavy atom. The molecule has 0 heterocycles. The predicted molar refractivity (Wildman–Crippen MR) is 89.3 cm³/mol. The van der Waals surface area contributed by atoms with E-state index in [1.807, 2.05) is 0 Å². The van der Waals surface area contributed by atoms with E-state index in [-0.39, 0.29) is 0 Å². The molecule has 1 nitrogen and oxygen atoms in total. The van der Waals surface area contributed by atoms with Crippen molar-refractivity contribution in [1.82, 2.24) is 0 Å². The maximum Gasteiger partial charge on any atom is 0.171 e. The monoisotopic (exact) mass is 336 g/mol. The van der Waals surface area contributed by atoms with E-state index in [0.29, 0.717) is 11.5 Å². The molecule has 0 N–H and O–H groups in total. The molecule has 0 aliphatic rings. The van der Waals surface area contributed by atoms with Crippen LogP contribution in [-0.2, 0) is 4.43 Å². The Labute approximate surface area is 125 Å². The minimum absolute atomic E-state index is 0.299. The molecule has 110 valence electrons. The van der Waals surface area contributed by atoms with Crippen LogP contribution in [-0.4, -0.2) is 20.5 Å². The summed E-state index contributed by atoms with van der Waals surface area (Å²) in [5, 5.41) is 1.16. The molecule has 0 fully saturated rings. The smallest absolute Gasteiger partial charge is 0.171 e. The summed E-state index contributed by atoms with van der Waals surface area (Å²) in [6.45, 7) is 11.5. The molecule has 0 rings (SSSR count). The van der Waals surface area contributed by atoms with Gasteiger partial charge in [-0.3, -0.25) is 0 Å².